The summed E-state index contributed by atoms with van der Waals surface area (Å²) in [4.78, 5) is 33.5. The molecule has 0 aromatic rings. The van der Waals surface area contributed by atoms with Gasteiger partial charge in [-0.1, -0.05) is 0 Å². The Morgan fingerprint density at radius 3 is 2.80 bits per heavy atom. The maximum atomic E-state index is 11.4. The van der Waals surface area contributed by atoms with Gasteiger partial charge in [-0.3, -0.25) is 30.5 Å². The van der Waals surface area contributed by atoms with Gasteiger partial charge in [-0.05, 0) is 0 Å². The minimum absolute atomic E-state index is 0.343. The van der Waals surface area contributed by atoms with Gasteiger partial charge in [0, 0.05) is 7.05 Å². The first-order valence-corrected chi connectivity index (χ1v) is 4.05. The average Bonchev–Trinajstić information content (AvgIpc) is 2.14. The molecule has 0 aromatic heterocycles. The van der Waals surface area contributed by atoms with Gasteiger partial charge < -0.3 is 5.11 Å². The highest BCUT2D eigenvalue weighted by Gasteiger charge is 2.35. The van der Waals surface area contributed by atoms with E-state index in [1.54, 1.807) is 0 Å². The number of likely N-dealkylation sites (N-methyl/N-ethyl adjacent to an activating group) is 1. The first kappa shape index (κ1) is 11.1. The Balaban J connectivity index is 2.70. The molecule has 0 saturated carbocycles. The molecule has 1 aliphatic heterocycles. The number of hydrogen-bond acceptors (Lipinski definition) is 5. The molecule has 1 unspecified atom stereocenters. The highest BCUT2D eigenvalue weighted by molar-refractivity contribution is 6.19. The minimum Gasteiger partial charge on any atom is -0.480 e. The number of carbonyl (C=O) groups excluding carboxylic acids is 2. The maximum absolute atomic E-state index is 11.4. The van der Waals surface area contributed by atoms with Crippen molar-refractivity contribution in [2.24, 2.45) is 0 Å². The molecule has 0 spiro atoms. The second kappa shape index (κ2) is 4.05. The number of nitrogens with zero attached hydrogens (tertiary/aromatic N) is 1. The van der Waals surface area contributed by atoms with Crippen molar-refractivity contribution in [3.05, 3.63) is 0 Å². The van der Waals surface area contributed by atoms with Crippen molar-refractivity contribution >= 4 is 23.7 Å². The number of amidine groups is 1. The molecule has 1 rings (SSSR count). The van der Waals surface area contributed by atoms with E-state index in [-0.39, 0.29) is 5.84 Å². The Morgan fingerprint density at radius 1 is 1.67 bits per heavy atom. The number of aliphatic carboxylic acids is 1. The van der Waals surface area contributed by atoms with Crippen LogP contribution < -0.4 is 10.6 Å². The zero-order valence-corrected chi connectivity index (χ0v) is 7.90. The van der Waals surface area contributed by atoms with Gasteiger partial charge >= 0.3 is 12.0 Å². The van der Waals surface area contributed by atoms with Crippen molar-refractivity contribution in [1.29, 1.82) is 5.41 Å². The lowest BCUT2D eigenvalue weighted by atomic mass is 10.2. The van der Waals surface area contributed by atoms with E-state index < -0.39 is 30.5 Å². The zero-order chi connectivity index (χ0) is 11.6. The standard InChI is InChI=1S/C7H10N4O4/c1-11-6(14)4(9-2-3(12)13)5(8)10-7(11)15/h4,9H,2H2,1H3,(H,12,13)(H2,8,10,15). The number of carboxylic acid groups (broad SMARTS) is 1. The molecule has 0 aliphatic carbocycles. The smallest absolute Gasteiger partial charge is 0.329 e. The molecule has 1 atom stereocenters. The fourth-order valence-electron chi connectivity index (χ4n) is 1.07. The fourth-order valence-corrected chi connectivity index (χ4v) is 1.07. The van der Waals surface area contributed by atoms with E-state index in [0.29, 0.717) is 0 Å². The van der Waals surface area contributed by atoms with Gasteiger partial charge in [-0.25, -0.2) is 4.79 Å². The molecule has 1 heterocycles. The molecule has 82 valence electrons. The topological polar surface area (TPSA) is 123 Å². The van der Waals surface area contributed by atoms with Crippen LogP contribution in [0.5, 0.6) is 0 Å². The zero-order valence-electron chi connectivity index (χ0n) is 7.90. The Bertz CT molecular complexity index is 340. The first-order chi connectivity index (χ1) is 6.93. The van der Waals surface area contributed by atoms with Gasteiger partial charge in [0.2, 0.25) is 0 Å². The summed E-state index contributed by atoms with van der Waals surface area (Å²) in [7, 11) is 1.25. The molecule has 3 amide bonds. The van der Waals surface area contributed by atoms with Crippen LogP contribution in [0.1, 0.15) is 0 Å². The van der Waals surface area contributed by atoms with E-state index in [2.05, 4.69) is 10.6 Å². The van der Waals surface area contributed by atoms with Crippen molar-refractivity contribution in [3.8, 4) is 0 Å². The van der Waals surface area contributed by atoms with Crippen LogP contribution in [0.25, 0.3) is 0 Å². The minimum atomic E-state index is -1.14. The van der Waals surface area contributed by atoms with E-state index in [1.807, 2.05) is 0 Å². The van der Waals surface area contributed by atoms with Crippen LogP contribution >= 0.6 is 0 Å². The van der Waals surface area contributed by atoms with Gasteiger partial charge in [-0.2, -0.15) is 0 Å². The quantitative estimate of drug-likeness (QED) is 0.441. The predicted octanol–water partition coefficient (Wildman–Crippen LogP) is -1.81. The summed E-state index contributed by atoms with van der Waals surface area (Å²) in [5.74, 6) is -2.13. The number of carbonyl (C=O) groups is 3. The molecule has 4 N–H and O–H groups in total. The maximum Gasteiger partial charge on any atom is 0.329 e. The highest BCUT2D eigenvalue weighted by Crippen LogP contribution is 2.00. The second-order valence-electron chi connectivity index (χ2n) is 2.95. The van der Waals surface area contributed by atoms with E-state index >= 15 is 0 Å². The first-order valence-electron chi connectivity index (χ1n) is 4.05. The van der Waals surface area contributed by atoms with E-state index in [0.717, 1.165) is 4.90 Å². The molecular formula is C7H10N4O4. The Morgan fingerprint density at radius 2 is 2.27 bits per heavy atom. The number of carboxylic acids is 1. The molecular weight excluding hydrogens is 204 g/mol. The van der Waals surface area contributed by atoms with Crippen LogP contribution in [0.2, 0.25) is 0 Å². The Labute approximate surface area is 84.7 Å². The monoisotopic (exact) mass is 214 g/mol. The van der Waals surface area contributed by atoms with Crippen LogP contribution in [0.3, 0.4) is 0 Å². The van der Waals surface area contributed by atoms with Gasteiger partial charge in [-0.15, -0.1) is 0 Å². The second-order valence-corrected chi connectivity index (χ2v) is 2.95. The SMILES string of the molecule is CN1C(=O)NC(=N)C(NCC(=O)O)C1=O. The lowest BCUT2D eigenvalue weighted by molar-refractivity contribution is -0.136. The summed E-state index contributed by atoms with van der Waals surface area (Å²) in [6.45, 7) is -0.456. The predicted molar refractivity (Wildman–Crippen MR) is 48.5 cm³/mol. The third-order valence-corrected chi connectivity index (χ3v) is 1.87. The van der Waals surface area contributed by atoms with Gasteiger partial charge in [0.15, 0.2) is 0 Å². The number of rotatable bonds is 3. The van der Waals surface area contributed by atoms with Crippen LogP contribution in [-0.2, 0) is 9.59 Å². The summed E-state index contributed by atoms with van der Waals surface area (Å²) in [5, 5.41) is 20.2. The molecule has 0 radical (unpaired) electrons. The molecule has 1 saturated heterocycles. The summed E-state index contributed by atoms with van der Waals surface area (Å²) in [6.07, 6.45) is 0. The number of amides is 3. The van der Waals surface area contributed by atoms with Crippen molar-refractivity contribution in [3.63, 3.8) is 0 Å². The molecule has 8 nitrogen and oxygen atoms in total. The Hall–Kier alpha value is -1.96. The third-order valence-electron chi connectivity index (χ3n) is 1.87. The normalized spacial score (nSPS) is 21.5. The van der Waals surface area contributed by atoms with Crippen LogP contribution in [0.4, 0.5) is 4.79 Å². The number of hydrogen-bond donors (Lipinski definition) is 4. The fraction of sp³-hybridized carbons (Fsp3) is 0.429. The number of urea groups is 1. The van der Waals surface area contributed by atoms with Crippen LogP contribution in [-0.4, -0.2) is 53.4 Å². The van der Waals surface area contributed by atoms with Crippen molar-refractivity contribution in [1.82, 2.24) is 15.5 Å². The molecule has 15 heavy (non-hydrogen) atoms. The summed E-state index contributed by atoms with van der Waals surface area (Å²) in [5.41, 5.74) is 0. The van der Waals surface area contributed by atoms with Gasteiger partial charge in [0.05, 0.1) is 6.54 Å². The third kappa shape index (κ3) is 2.29. The largest absolute Gasteiger partial charge is 0.480 e. The van der Waals surface area contributed by atoms with E-state index in [9.17, 15) is 14.4 Å². The van der Waals surface area contributed by atoms with E-state index in [4.69, 9.17) is 10.5 Å². The lowest BCUT2D eigenvalue weighted by Crippen LogP contribution is -2.63. The summed E-state index contributed by atoms with van der Waals surface area (Å²) >= 11 is 0. The average molecular weight is 214 g/mol. The number of imide groups is 1. The van der Waals surface area contributed by atoms with Crippen LogP contribution in [0, 0.1) is 5.41 Å². The van der Waals surface area contributed by atoms with Crippen molar-refractivity contribution in [2.75, 3.05) is 13.6 Å². The van der Waals surface area contributed by atoms with Crippen molar-refractivity contribution in [2.45, 2.75) is 6.04 Å². The Kier molecular flexibility index (Phi) is 3.00. The van der Waals surface area contributed by atoms with Crippen molar-refractivity contribution < 1.29 is 19.5 Å². The molecule has 0 bridgehead atoms. The number of nitrogens with one attached hydrogen (secondary N) is 3. The molecule has 1 fully saturated rings. The molecule has 8 heteroatoms. The summed E-state index contributed by atoms with van der Waals surface area (Å²) in [6, 6.07) is -1.80. The van der Waals surface area contributed by atoms with E-state index in [1.165, 1.54) is 7.05 Å². The molecule has 0 aromatic carbocycles. The highest BCUT2D eigenvalue weighted by atomic mass is 16.4. The van der Waals surface area contributed by atoms with Gasteiger partial charge in [0.1, 0.15) is 11.9 Å². The molecule has 1 aliphatic rings. The van der Waals surface area contributed by atoms with Gasteiger partial charge in [0.25, 0.3) is 5.91 Å². The lowest BCUT2D eigenvalue weighted by Gasteiger charge is -2.29. The summed E-state index contributed by atoms with van der Waals surface area (Å²) < 4.78 is 0. The van der Waals surface area contributed by atoms with Crippen LogP contribution in [0.15, 0.2) is 0 Å².